The standard InChI is InChI=1S/C13H24O32S7.7Na/c1-27-12-10(36-51(21,22)23)8(34-48-44-40-16)6(32-46-42-38-14)4(30-12)2-28-13-11(37-52(24,25)26)9(35-49-45-41-17)7(33-47-43-39-15)5(31-13)3-29-50(18,19)20;;;;;;;/h4-17H,2-3H2,1H3,(H,18,19,20)(H,21,22,23)(H,24,25,26);;;;;;;/q;7*+1/p-7/t4?,5?,6-,7-,8+,9+,10?,11?,12+,13+;;;;;;;/m1......./s1. The van der Waals surface area contributed by atoms with Gasteiger partial charge in [0.25, 0.3) is 0 Å². The topological polar surface area (TPSA) is 439 Å². The molecule has 0 saturated carbocycles. The van der Waals surface area contributed by atoms with Crippen molar-refractivity contribution >= 4 is 80.5 Å². The predicted octanol–water partition coefficient (Wildman–Crippen LogP) is -28.0. The minimum absolute atomic E-state index is 0. The van der Waals surface area contributed by atoms with Crippen LogP contribution in [0, 0.1) is 0 Å². The van der Waals surface area contributed by atoms with E-state index in [1.807, 2.05) is 0 Å². The second-order valence-corrected chi connectivity index (χ2v) is 13.3. The predicted molar refractivity (Wildman–Crippen MR) is 134 cm³/mol. The van der Waals surface area contributed by atoms with Crippen LogP contribution in [-0.2, 0) is 117 Å². The van der Waals surface area contributed by atoms with Gasteiger partial charge in [-0.3, -0.25) is 49.4 Å². The SMILES string of the molecule is CO[C@H]1OC(CO[C@H]2OC(COS(=O)(=O)[O-])[C@@H](OSOO[O-])[C@H](OSOO[O-])C2OS(=O)(=O)[O-])[C@@H](OSOO[O-])[C@H](OSOO[O-])C1OS(=O)(=O)[O-].[Na+].[Na+].[Na+].[Na+].[Na+].[Na+].[Na+]. The Morgan fingerprint density at radius 3 is 1.12 bits per heavy atom. The molecule has 0 amide bonds. The second kappa shape index (κ2) is 41.8. The maximum absolute atomic E-state index is 11.7. The van der Waals surface area contributed by atoms with E-state index in [4.69, 9.17) is 35.7 Å². The Hall–Kier alpha value is 7.21. The van der Waals surface area contributed by atoms with Gasteiger partial charge in [0, 0.05) is 7.11 Å². The van der Waals surface area contributed by atoms with Gasteiger partial charge in [-0.15, -0.1) is 17.3 Å². The van der Waals surface area contributed by atoms with Crippen molar-refractivity contribution in [3.8, 4) is 0 Å². The zero-order valence-corrected chi connectivity index (χ0v) is 50.8. The maximum Gasteiger partial charge on any atom is 1.00 e. The molecule has 0 aliphatic carbocycles. The minimum Gasteiger partial charge on any atom is -0.726 e. The summed E-state index contributed by atoms with van der Waals surface area (Å²) in [5.41, 5.74) is 0. The molecule has 0 bridgehead atoms. The van der Waals surface area contributed by atoms with Gasteiger partial charge in [-0.05, 0) is 0 Å². The summed E-state index contributed by atoms with van der Waals surface area (Å²) in [5.74, 6) is 0. The van der Waals surface area contributed by atoms with Crippen molar-refractivity contribution < 1.29 is 353 Å². The summed E-state index contributed by atoms with van der Waals surface area (Å²) < 4.78 is 173. The van der Waals surface area contributed by atoms with Gasteiger partial charge in [-0.1, -0.05) is 0 Å². The van der Waals surface area contributed by atoms with Crippen molar-refractivity contribution in [1.29, 1.82) is 0 Å². The van der Waals surface area contributed by atoms with E-state index in [1.165, 1.54) is 0 Å². The summed E-state index contributed by atoms with van der Waals surface area (Å²) in [5, 5.41) is 53.5. The van der Waals surface area contributed by atoms with Crippen LogP contribution in [-0.4, -0.2) is 121 Å². The Morgan fingerprint density at radius 2 is 0.797 bits per heavy atom. The van der Waals surface area contributed by atoms with E-state index >= 15 is 0 Å². The molecule has 10 atom stereocenters. The summed E-state index contributed by atoms with van der Waals surface area (Å²) in [6.07, 6.45) is -21.1. The molecule has 0 aromatic carbocycles. The number of ether oxygens (including phenoxy) is 4. The van der Waals surface area contributed by atoms with Gasteiger partial charge in [0.05, 0.1) is 13.2 Å². The van der Waals surface area contributed by atoms with Gasteiger partial charge in [-0.25, -0.2) is 25.3 Å². The fraction of sp³-hybridized carbons (Fsp3) is 1.00. The third-order valence-corrected chi connectivity index (χ3v) is 8.49. The summed E-state index contributed by atoms with van der Waals surface area (Å²) >= 11 is -1.36. The molecule has 2 heterocycles. The molecule has 0 radical (unpaired) electrons. The van der Waals surface area contributed by atoms with Gasteiger partial charge in [0.1, 0.15) is 36.6 Å². The van der Waals surface area contributed by atoms with Crippen LogP contribution in [0.5, 0.6) is 0 Å². The second-order valence-electron chi connectivity index (χ2n) is 8.35. The fourth-order valence-electron chi connectivity index (χ4n) is 3.91. The van der Waals surface area contributed by atoms with E-state index < -0.39 is 118 Å². The molecule has 0 spiro atoms. The number of rotatable bonds is 27. The van der Waals surface area contributed by atoms with E-state index in [1.54, 1.807) is 0 Å². The first-order chi connectivity index (χ1) is 24.5. The summed E-state index contributed by atoms with van der Waals surface area (Å²) in [7, 11) is -16.1. The molecule has 310 valence electrons. The van der Waals surface area contributed by atoms with Crippen LogP contribution in [0.4, 0.5) is 0 Å². The smallest absolute Gasteiger partial charge is 0.726 e. The molecular formula is C13H17Na7O32S7. The monoisotopic (exact) mass is 1070 g/mol. The molecule has 2 fully saturated rings. The molecule has 2 aliphatic rings. The molecular weight excluding hydrogens is 1050 g/mol. The average Bonchev–Trinajstić information content (AvgIpc) is 3.04. The van der Waals surface area contributed by atoms with Crippen molar-refractivity contribution in [2.45, 2.75) is 61.4 Å². The minimum atomic E-state index is -5.84. The van der Waals surface area contributed by atoms with E-state index in [-0.39, 0.29) is 244 Å². The largest absolute Gasteiger partial charge is 1.00 e. The zero-order chi connectivity index (χ0) is 39.0. The first-order valence-corrected chi connectivity index (χ1v) is 18.6. The van der Waals surface area contributed by atoms with Crippen molar-refractivity contribution in [3.05, 3.63) is 0 Å². The Morgan fingerprint density at radius 1 is 0.475 bits per heavy atom. The first-order valence-electron chi connectivity index (χ1n) is 12.0. The van der Waals surface area contributed by atoms with Crippen LogP contribution >= 0.6 is 49.3 Å². The average molecular weight is 1070 g/mol. The van der Waals surface area contributed by atoms with Crippen LogP contribution in [0.15, 0.2) is 0 Å². The van der Waals surface area contributed by atoms with Crippen LogP contribution < -0.4 is 228 Å². The summed E-state index contributed by atoms with van der Waals surface area (Å²) in [6, 6.07) is 0. The van der Waals surface area contributed by atoms with Crippen molar-refractivity contribution in [2.24, 2.45) is 0 Å². The molecule has 2 aliphatic heterocycles. The van der Waals surface area contributed by atoms with Crippen molar-refractivity contribution in [3.63, 3.8) is 0 Å². The van der Waals surface area contributed by atoms with Gasteiger partial charge < -0.3 is 53.6 Å². The molecule has 4 unspecified atom stereocenters. The van der Waals surface area contributed by atoms with Gasteiger partial charge in [0.2, 0.25) is 31.2 Å². The van der Waals surface area contributed by atoms with Crippen molar-refractivity contribution in [2.75, 3.05) is 20.3 Å². The Balaban J connectivity index is -0.00000100. The van der Waals surface area contributed by atoms with Crippen molar-refractivity contribution in [1.82, 2.24) is 0 Å². The maximum atomic E-state index is 11.7. The van der Waals surface area contributed by atoms with Gasteiger partial charge in [0.15, 0.2) is 74.1 Å². The summed E-state index contributed by atoms with van der Waals surface area (Å²) in [4.78, 5) is 0. The Labute approximate surface area is 505 Å². The first kappa shape index (κ1) is 77.7. The van der Waals surface area contributed by atoms with Crippen LogP contribution in [0.3, 0.4) is 0 Å². The Bertz CT molecular complexity index is 1350. The van der Waals surface area contributed by atoms with E-state index in [0.29, 0.717) is 0 Å². The van der Waals surface area contributed by atoms with Crippen LogP contribution in [0.25, 0.3) is 0 Å². The fourth-order valence-corrected chi connectivity index (χ4v) is 6.64. The molecule has 32 nitrogen and oxygen atoms in total. The van der Waals surface area contributed by atoms with E-state index in [9.17, 15) is 59.9 Å². The van der Waals surface area contributed by atoms with Crippen LogP contribution in [0.2, 0.25) is 0 Å². The molecule has 59 heavy (non-hydrogen) atoms. The molecule has 46 heteroatoms. The van der Waals surface area contributed by atoms with Gasteiger partial charge >= 0.3 is 207 Å². The Kier molecular flexibility index (Phi) is 55.0. The molecule has 2 rings (SSSR count). The zero-order valence-electron chi connectivity index (χ0n) is 31.1. The summed E-state index contributed by atoms with van der Waals surface area (Å²) in [6.45, 7) is -2.46. The number of methoxy groups -OCH3 is 1. The quantitative estimate of drug-likeness (QED) is 0.0140. The number of hydrogen-bond donors (Lipinski definition) is 0. The molecule has 0 aromatic heterocycles. The van der Waals surface area contributed by atoms with Gasteiger partial charge in [-0.2, -0.15) is 0 Å². The third kappa shape index (κ3) is 32.0. The van der Waals surface area contributed by atoms with E-state index in [0.717, 1.165) is 7.11 Å². The molecule has 0 aromatic rings. The van der Waals surface area contributed by atoms with Crippen LogP contribution in [0.1, 0.15) is 0 Å². The molecule has 0 N–H and O–H groups in total. The third-order valence-electron chi connectivity index (χ3n) is 5.50. The molecule has 2 saturated heterocycles. The number of hydrogen-bond acceptors (Lipinski definition) is 36. The van der Waals surface area contributed by atoms with E-state index in [2.05, 4.69) is 50.0 Å². The normalized spacial score (nSPS) is 26.8.